The Labute approximate surface area is 94.1 Å². The first-order valence-electron chi connectivity index (χ1n) is 5.81. The van der Waals surface area contributed by atoms with E-state index in [2.05, 4.69) is 70.0 Å². The average molecular weight is 205 g/mol. The van der Waals surface area contributed by atoms with E-state index in [0.29, 0.717) is 18.0 Å². The molecule has 0 bridgehead atoms. The maximum Gasteiger partial charge on any atom is 0.0370 e. The van der Waals surface area contributed by atoms with Gasteiger partial charge < -0.3 is 0 Å². The SMILES string of the molecule is CC(C)C(c1ccccc1)N(C)C(C)C. The molecule has 0 heterocycles. The molecule has 1 aromatic carbocycles. The first-order chi connectivity index (χ1) is 7.04. The van der Waals surface area contributed by atoms with Crippen molar-refractivity contribution in [2.75, 3.05) is 7.05 Å². The minimum atomic E-state index is 0.520. The molecule has 0 amide bonds. The van der Waals surface area contributed by atoms with Gasteiger partial charge in [0.25, 0.3) is 0 Å². The van der Waals surface area contributed by atoms with Gasteiger partial charge in [0.1, 0.15) is 0 Å². The van der Waals surface area contributed by atoms with Gasteiger partial charge in [-0.2, -0.15) is 0 Å². The summed E-state index contributed by atoms with van der Waals surface area (Å²) in [6.45, 7) is 9.07. The second-order valence-corrected chi connectivity index (χ2v) is 4.86. The number of nitrogens with zero attached hydrogens (tertiary/aromatic N) is 1. The Bertz CT molecular complexity index is 277. The Kier molecular flexibility index (Phi) is 4.34. The fraction of sp³-hybridized carbons (Fsp3) is 0.571. The van der Waals surface area contributed by atoms with Gasteiger partial charge in [-0.1, -0.05) is 44.2 Å². The predicted molar refractivity (Wildman–Crippen MR) is 66.9 cm³/mol. The molecule has 0 N–H and O–H groups in total. The summed E-state index contributed by atoms with van der Waals surface area (Å²) in [6.07, 6.45) is 0. The minimum absolute atomic E-state index is 0.520. The molecule has 0 aliphatic carbocycles. The van der Waals surface area contributed by atoms with Gasteiger partial charge in [0, 0.05) is 12.1 Å². The molecular formula is C14H23N. The summed E-state index contributed by atoms with van der Waals surface area (Å²) >= 11 is 0. The van der Waals surface area contributed by atoms with Crippen LogP contribution in [0.25, 0.3) is 0 Å². The number of rotatable bonds is 4. The van der Waals surface area contributed by atoms with E-state index in [0.717, 1.165) is 0 Å². The van der Waals surface area contributed by atoms with Crippen molar-refractivity contribution < 1.29 is 0 Å². The standard InChI is InChI=1S/C14H23N/c1-11(2)14(15(5)12(3)4)13-9-7-6-8-10-13/h6-12,14H,1-5H3. The van der Waals surface area contributed by atoms with Crippen LogP contribution in [-0.4, -0.2) is 18.0 Å². The normalized spacial score (nSPS) is 13.9. The molecule has 84 valence electrons. The molecule has 1 rings (SSSR count). The molecular weight excluding hydrogens is 182 g/mol. The van der Waals surface area contributed by atoms with E-state index in [9.17, 15) is 0 Å². The van der Waals surface area contributed by atoms with Gasteiger partial charge in [-0.25, -0.2) is 0 Å². The Hall–Kier alpha value is -0.820. The first-order valence-corrected chi connectivity index (χ1v) is 5.81. The van der Waals surface area contributed by atoms with Crippen LogP contribution in [0.5, 0.6) is 0 Å². The van der Waals surface area contributed by atoms with Crippen LogP contribution >= 0.6 is 0 Å². The molecule has 1 nitrogen and oxygen atoms in total. The molecule has 0 aromatic heterocycles. The molecule has 0 spiro atoms. The Morgan fingerprint density at radius 2 is 1.47 bits per heavy atom. The van der Waals surface area contributed by atoms with Gasteiger partial charge in [0.15, 0.2) is 0 Å². The van der Waals surface area contributed by atoms with Gasteiger partial charge in [-0.3, -0.25) is 4.90 Å². The summed E-state index contributed by atoms with van der Waals surface area (Å²) in [5, 5.41) is 0. The fourth-order valence-corrected chi connectivity index (χ4v) is 2.06. The maximum atomic E-state index is 2.44. The Balaban J connectivity index is 2.93. The predicted octanol–water partition coefficient (Wildman–Crippen LogP) is 3.72. The van der Waals surface area contributed by atoms with Crippen LogP contribution in [-0.2, 0) is 0 Å². The summed E-state index contributed by atoms with van der Waals surface area (Å²) < 4.78 is 0. The van der Waals surface area contributed by atoms with E-state index in [4.69, 9.17) is 0 Å². The molecule has 0 saturated heterocycles. The zero-order valence-electron chi connectivity index (χ0n) is 10.6. The van der Waals surface area contributed by atoms with Gasteiger partial charge in [0.05, 0.1) is 0 Å². The van der Waals surface area contributed by atoms with Crippen LogP contribution in [0.4, 0.5) is 0 Å². The highest BCUT2D eigenvalue weighted by molar-refractivity contribution is 5.19. The molecule has 0 aliphatic rings. The van der Waals surface area contributed by atoms with Crippen LogP contribution in [0, 0.1) is 5.92 Å². The molecule has 0 saturated carbocycles. The molecule has 1 heteroatoms. The summed E-state index contributed by atoms with van der Waals surface area (Å²) in [4.78, 5) is 2.44. The second kappa shape index (κ2) is 5.32. The van der Waals surface area contributed by atoms with Crippen molar-refractivity contribution in [2.45, 2.75) is 39.8 Å². The lowest BCUT2D eigenvalue weighted by Gasteiger charge is -2.34. The molecule has 0 aliphatic heterocycles. The molecule has 1 atom stereocenters. The quantitative estimate of drug-likeness (QED) is 0.724. The van der Waals surface area contributed by atoms with Gasteiger partial charge in [-0.05, 0) is 32.4 Å². The lowest BCUT2D eigenvalue weighted by atomic mass is 9.94. The van der Waals surface area contributed by atoms with E-state index >= 15 is 0 Å². The monoisotopic (exact) mass is 205 g/mol. The number of hydrogen-bond acceptors (Lipinski definition) is 1. The third-order valence-corrected chi connectivity index (χ3v) is 3.03. The van der Waals surface area contributed by atoms with Crippen molar-refractivity contribution in [2.24, 2.45) is 5.92 Å². The summed E-state index contributed by atoms with van der Waals surface area (Å²) in [5.74, 6) is 0.639. The van der Waals surface area contributed by atoms with E-state index in [1.807, 2.05) is 0 Å². The number of hydrogen-bond donors (Lipinski definition) is 0. The molecule has 15 heavy (non-hydrogen) atoms. The highest BCUT2D eigenvalue weighted by atomic mass is 15.2. The third kappa shape index (κ3) is 3.07. The zero-order chi connectivity index (χ0) is 11.4. The van der Waals surface area contributed by atoms with Gasteiger partial charge >= 0.3 is 0 Å². The highest BCUT2D eigenvalue weighted by Crippen LogP contribution is 2.28. The second-order valence-electron chi connectivity index (χ2n) is 4.86. The lowest BCUT2D eigenvalue weighted by molar-refractivity contribution is 0.154. The van der Waals surface area contributed by atoms with Gasteiger partial charge in [0.2, 0.25) is 0 Å². The third-order valence-electron chi connectivity index (χ3n) is 3.03. The molecule has 0 fully saturated rings. The maximum absolute atomic E-state index is 2.44. The summed E-state index contributed by atoms with van der Waals surface area (Å²) in [6, 6.07) is 11.9. The first kappa shape index (κ1) is 12.3. The average Bonchev–Trinajstić information content (AvgIpc) is 2.18. The summed E-state index contributed by atoms with van der Waals surface area (Å²) in [5.41, 5.74) is 1.42. The highest BCUT2D eigenvalue weighted by Gasteiger charge is 2.21. The van der Waals surface area contributed by atoms with Crippen molar-refractivity contribution in [1.29, 1.82) is 0 Å². The van der Waals surface area contributed by atoms with Crippen molar-refractivity contribution in [1.82, 2.24) is 4.90 Å². The van der Waals surface area contributed by atoms with E-state index in [1.165, 1.54) is 5.56 Å². The Morgan fingerprint density at radius 3 is 1.87 bits per heavy atom. The lowest BCUT2D eigenvalue weighted by Crippen LogP contribution is -2.33. The van der Waals surface area contributed by atoms with E-state index in [-0.39, 0.29) is 0 Å². The molecule has 1 aromatic rings. The van der Waals surface area contributed by atoms with Crippen LogP contribution < -0.4 is 0 Å². The van der Waals surface area contributed by atoms with Crippen LogP contribution in [0.1, 0.15) is 39.3 Å². The minimum Gasteiger partial charge on any atom is -0.297 e. The van der Waals surface area contributed by atoms with Crippen molar-refractivity contribution in [3.8, 4) is 0 Å². The molecule has 1 unspecified atom stereocenters. The number of benzene rings is 1. The van der Waals surface area contributed by atoms with Crippen LogP contribution in [0.15, 0.2) is 30.3 Å². The summed E-state index contributed by atoms with van der Waals surface area (Å²) in [7, 11) is 2.21. The molecule has 0 radical (unpaired) electrons. The van der Waals surface area contributed by atoms with Gasteiger partial charge in [-0.15, -0.1) is 0 Å². The van der Waals surface area contributed by atoms with E-state index in [1.54, 1.807) is 0 Å². The van der Waals surface area contributed by atoms with Crippen LogP contribution in [0.2, 0.25) is 0 Å². The fourth-order valence-electron chi connectivity index (χ4n) is 2.06. The smallest absolute Gasteiger partial charge is 0.0370 e. The Morgan fingerprint density at radius 1 is 0.933 bits per heavy atom. The van der Waals surface area contributed by atoms with Crippen LogP contribution in [0.3, 0.4) is 0 Å². The largest absolute Gasteiger partial charge is 0.297 e. The topological polar surface area (TPSA) is 3.24 Å². The van der Waals surface area contributed by atoms with Crippen molar-refractivity contribution in [3.05, 3.63) is 35.9 Å². The zero-order valence-corrected chi connectivity index (χ0v) is 10.6. The van der Waals surface area contributed by atoms with Crippen molar-refractivity contribution >= 4 is 0 Å². The van der Waals surface area contributed by atoms with E-state index < -0.39 is 0 Å². The van der Waals surface area contributed by atoms with Crippen molar-refractivity contribution in [3.63, 3.8) is 0 Å².